The number of nitrogens with one attached hydrogen (secondary N) is 1. The third-order valence-corrected chi connectivity index (χ3v) is 3.44. The molecule has 0 spiro atoms. The number of hydrogen-bond acceptors (Lipinski definition) is 2. The minimum absolute atomic E-state index is 0.405. The molecule has 1 aliphatic rings. The van der Waals surface area contributed by atoms with E-state index in [2.05, 4.69) is 9.98 Å². The van der Waals surface area contributed by atoms with Crippen LogP contribution in [0.1, 0.15) is 18.4 Å². The van der Waals surface area contributed by atoms with E-state index in [0.717, 1.165) is 29.3 Å². The molecule has 0 bridgehead atoms. The van der Waals surface area contributed by atoms with Crippen LogP contribution in [0.4, 0.5) is 0 Å². The Kier molecular flexibility index (Phi) is 1.93. The van der Waals surface area contributed by atoms with Crippen molar-refractivity contribution in [3.63, 3.8) is 0 Å². The van der Waals surface area contributed by atoms with E-state index in [4.69, 9.17) is 11.6 Å². The Morgan fingerprint density at radius 2 is 2.25 bits per heavy atom. The summed E-state index contributed by atoms with van der Waals surface area (Å²) in [5, 5.41) is 1.74. The van der Waals surface area contributed by atoms with Crippen LogP contribution in [0.25, 0.3) is 10.9 Å². The molecule has 1 aromatic heterocycles. The molecule has 0 aliphatic heterocycles. The number of aromatic nitrogens is 1. The second-order valence-electron chi connectivity index (χ2n) is 4.13. The van der Waals surface area contributed by atoms with Crippen LogP contribution in [0, 0.1) is 0 Å². The number of hydrogen-bond donors (Lipinski definition) is 1. The summed E-state index contributed by atoms with van der Waals surface area (Å²) in [7, 11) is 0. The molecule has 1 aromatic carbocycles. The Labute approximate surface area is 97.1 Å². The summed E-state index contributed by atoms with van der Waals surface area (Å²) in [5.74, 6) is 0. The molecule has 16 heavy (non-hydrogen) atoms. The predicted molar refractivity (Wildman–Crippen MR) is 62.3 cm³/mol. The molecule has 0 unspecified atom stereocenters. The molecule has 1 heterocycles. The number of H-pyrrole nitrogens is 1. The van der Waals surface area contributed by atoms with Gasteiger partial charge in [0.25, 0.3) is 0 Å². The van der Waals surface area contributed by atoms with Gasteiger partial charge in [0.1, 0.15) is 0 Å². The van der Waals surface area contributed by atoms with Gasteiger partial charge >= 0.3 is 0 Å². The molecule has 0 amide bonds. The van der Waals surface area contributed by atoms with Gasteiger partial charge in [-0.05, 0) is 31.0 Å². The van der Waals surface area contributed by atoms with E-state index in [-0.39, 0.29) is 0 Å². The minimum atomic E-state index is -0.405. The summed E-state index contributed by atoms with van der Waals surface area (Å²) < 4.78 is 0. The smallest absolute Gasteiger partial charge is 0.235 e. The van der Waals surface area contributed by atoms with Crippen LogP contribution in [0.2, 0.25) is 5.02 Å². The third-order valence-electron chi connectivity index (χ3n) is 3.13. The SMILES string of the molecule is O=C=NC1(c2cc3[nH]ccc3cc2Cl)CC1. The maximum atomic E-state index is 10.4. The van der Waals surface area contributed by atoms with Crippen molar-refractivity contribution in [2.45, 2.75) is 18.4 Å². The van der Waals surface area contributed by atoms with E-state index in [1.54, 1.807) is 6.08 Å². The maximum absolute atomic E-state index is 10.4. The molecule has 0 saturated heterocycles. The van der Waals surface area contributed by atoms with Crippen molar-refractivity contribution in [1.29, 1.82) is 0 Å². The molecule has 1 fully saturated rings. The molecule has 4 heteroatoms. The summed E-state index contributed by atoms with van der Waals surface area (Å²) >= 11 is 6.22. The lowest BCUT2D eigenvalue weighted by molar-refractivity contribution is 0.556. The zero-order chi connectivity index (χ0) is 11.2. The van der Waals surface area contributed by atoms with Gasteiger partial charge in [0.05, 0.1) is 5.54 Å². The Balaban J connectivity index is 2.23. The molecule has 1 N–H and O–H groups in total. The predicted octanol–water partition coefficient (Wildman–Crippen LogP) is 3.15. The van der Waals surface area contributed by atoms with E-state index in [1.807, 2.05) is 24.4 Å². The number of halogens is 1. The van der Waals surface area contributed by atoms with Gasteiger partial charge < -0.3 is 4.98 Å². The Morgan fingerprint density at radius 3 is 2.94 bits per heavy atom. The highest BCUT2D eigenvalue weighted by atomic mass is 35.5. The van der Waals surface area contributed by atoms with Crippen molar-refractivity contribution in [3.8, 4) is 0 Å². The minimum Gasteiger partial charge on any atom is -0.361 e. The number of aliphatic imine (C=N–C) groups is 1. The fourth-order valence-corrected chi connectivity index (χ4v) is 2.42. The van der Waals surface area contributed by atoms with Crippen LogP contribution in [0.3, 0.4) is 0 Å². The number of benzene rings is 1. The van der Waals surface area contributed by atoms with Crippen LogP contribution < -0.4 is 0 Å². The normalized spacial score (nSPS) is 17.1. The highest BCUT2D eigenvalue weighted by Crippen LogP contribution is 2.51. The van der Waals surface area contributed by atoms with Crippen molar-refractivity contribution in [2.24, 2.45) is 4.99 Å². The van der Waals surface area contributed by atoms with E-state index in [0.29, 0.717) is 5.02 Å². The standard InChI is InChI=1S/C12H9ClN2O/c13-10-5-8-1-4-14-11(8)6-9(10)12(2-3-12)15-7-16/h1,4-6,14H,2-3H2. The molecular weight excluding hydrogens is 224 g/mol. The molecule has 80 valence electrons. The van der Waals surface area contributed by atoms with Gasteiger partial charge in [-0.3, -0.25) is 0 Å². The van der Waals surface area contributed by atoms with Gasteiger partial charge in [-0.15, -0.1) is 0 Å². The first-order chi connectivity index (χ1) is 7.75. The average molecular weight is 233 g/mol. The van der Waals surface area contributed by atoms with Crippen LogP contribution in [-0.4, -0.2) is 11.1 Å². The fraction of sp³-hybridized carbons (Fsp3) is 0.250. The van der Waals surface area contributed by atoms with Gasteiger partial charge in [-0.2, -0.15) is 4.99 Å². The second kappa shape index (κ2) is 3.21. The summed E-state index contributed by atoms with van der Waals surface area (Å²) in [6.07, 6.45) is 5.25. The molecule has 1 aliphatic carbocycles. The Hall–Kier alpha value is -1.57. The van der Waals surface area contributed by atoms with Gasteiger partial charge in [-0.1, -0.05) is 11.6 Å². The third kappa shape index (κ3) is 1.29. The van der Waals surface area contributed by atoms with Crippen molar-refractivity contribution < 1.29 is 4.79 Å². The largest absolute Gasteiger partial charge is 0.361 e. The van der Waals surface area contributed by atoms with Crippen molar-refractivity contribution in [2.75, 3.05) is 0 Å². The molecular formula is C12H9ClN2O. The average Bonchev–Trinajstić information content (AvgIpc) is 2.89. The highest BCUT2D eigenvalue weighted by Gasteiger charge is 2.46. The van der Waals surface area contributed by atoms with Gasteiger partial charge in [0.2, 0.25) is 6.08 Å². The first kappa shape index (κ1) is 9.64. The number of nitrogens with zero attached hydrogens (tertiary/aromatic N) is 1. The highest BCUT2D eigenvalue weighted by molar-refractivity contribution is 6.32. The lowest BCUT2D eigenvalue weighted by Crippen LogP contribution is -2.03. The summed E-state index contributed by atoms with van der Waals surface area (Å²) in [6, 6.07) is 5.85. The van der Waals surface area contributed by atoms with Gasteiger partial charge in [0.15, 0.2) is 0 Å². The monoisotopic (exact) mass is 232 g/mol. The first-order valence-electron chi connectivity index (χ1n) is 5.11. The summed E-state index contributed by atoms with van der Waals surface area (Å²) in [5.41, 5.74) is 1.54. The Morgan fingerprint density at radius 1 is 1.44 bits per heavy atom. The first-order valence-corrected chi connectivity index (χ1v) is 5.49. The molecule has 1 saturated carbocycles. The maximum Gasteiger partial charge on any atom is 0.235 e. The second-order valence-corrected chi connectivity index (χ2v) is 4.54. The van der Waals surface area contributed by atoms with Gasteiger partial charge in [-0.25, -0.2) is 4.79 Å². The van der Waals surface area contributed by atoms with Crippen molar-refractivity contribution >= 4 is 28.6 Å². The number of fused-ring (bicyclic) bond motifs is 1. The van der Waals surface area contributed by atoms with Crippen LogP contribution in [0.15, 0.2) is 29.4 Å². The van der Waals surface area contributed by atoms with Crippen LogP contribution in [0.5, 0.6) is 0 Å². The van der Waals surface area contributed by atoms with E-state index in [1.165, 1.54) is 0 Å². The van der Waals surface area contributed by atoms with Crippen LogP contribution in [-0.2, 0) is 10.3 Å². The Bertz CT molecular complexity index is 607. The number of carbonyl (C=O) groups excluding carboxylic acids is 1. The summed E-state index contributed by atoms with van der Waals surface area (Å²) in [4.78, 5) is 17.4. The van der Waals surface area contributed by atoms with E-state index in [9.17, 15) is 4.79 Å². The quantitative estimate of drug-likeness (QED) is 0.628. The zero-order valence-electron chi connectivity index (χ0n) is 8.46. The topological polar surface area (TPSA) is 45.2 Å². The van der Waals surface area contributed by atoms with E-state index < -0.39 is 5.54 Å². The molecule has 0 radical (unpaired) electrons. The number of rotatable bonds is 2. The molecule has 2 aromatic rings. The van der Waals surface area contributed by atoms with Crippen LogP contribution >= 0.6 is 11.6 Å². The van der Waals surface area contributed by atoms with E-state index >= 15 is 0 Å². The lowest BCUT2D eigenvalue weighted by Gasteiger charge is -2.10. The van der Waals surface area contributed by atoms with Gasteiger partial charge in [0, 0.05) is 27.7 Å². The molecule has 3 nitrogen and oxygen atoms in total. The van der Waals surface area contributed by atoms with Crippen molar-refractivity contribution in [1.82, 2.24) is 4.98 Å². The number of isocyanates is 1. The number of aromatic amines is 1. The fourth-order valence-electron chi connectivity index (χ4n) is 2.08. The summed E-state index contributed by atoms with van der Waals surface area (Å²) in [6.45, 7) is 0. The zero-order valence-corrected chi connectivity index (χ0v) is 9.21. The molecule has 0 atom stereocenters. The van der Waals surface area contributed by atoms with Crippen molar-refractivity contribution in [3.05, 3.63) is 35.0 Å². The molecule has 3 rings (SSSR count). The lowest BCUT2D eigenvalue weighted by atomic mass is 10.0.